The fourth-order valence-electron chi connectivity index (χ4n) is 5.79. The van der Waals surface area contributed by atoms with Crippen molar-refractivity contribution in [3.05, 3.63) is 89.5 Å². The number of amides is 3. The normalized spacial score (nSPS) is 17.5. The van der Waals surface area contributed by atoms with Gasteiger partial charge >= 0.3 is 12.2 Å². The molecule has 0 saturated heterocycles. The molecule has 46 heavy (non-hydrogen) atoms. The molecule has 0 spiro atoms. The number of benzene rings is 3. The van der Waals surface area contributed by atoms with Gasteiger partial charge in [0.1, 0.15) is 0 Å². The molecule has 0 aromatic heterocycles. The van der Waals surface area contributed by atoms with Gasteiger partial charge in [0.25, 0.3) is 11.9 Å². The maximum Gasteiger partial charge on any atom is 0.416 e. The molecule has 0 aliphatic heterocycles. The second kappa shape index (κ2) is 14.6. The van der Waals surface area contributed by atoms with Crippen molar-refractivity contribution >= 4 is 23.6 Å². The number of halogens is 3. The van der Waals surface area contributed by atoms with Crippen LogP contribution in [0.4, 0.5) is 23.7 Å². The van der Waals surface area contributed by atoms with Crippen LogP contribution in [0.3, 0.4) is 0 Å². The molecule has 244 valence electrons. The van der Waals surface area contributed by atoms with Gasteiger partial charge in [0.15, 0.2) is 0 Å². The van der Waals surface area contributed by atoms with E-state index in [4.69, 9.17) is 5.84 Å². The van der Waals surface area contributed by atoms with Crippen molar-refractivity contribution in [3.63, 3.8) is 0 Å². The lowest BCUT2D eigenvalue weighted by atomic mass is 9.71. The van der Waals surface area contributed by atoms with Crippen LogP contribution in [0.25, 0.3) is 11.1 Å². The van der Waals surface area contributed by atoms with Crippen molar-refractivity contribution in [1.82, 2.24) is 10.2 Å². The molecule has 0 heterocycles. The van der Waals surface area contributed by atoms with E-state index in [1.54, 1.807) is 65.6 Å². The quantitative estimate of drug-likeness (QED) is 0.0834. The maximum absolute atomic E-state index is 13.9. The number of nitrogens with two attached hydrogens (primary N) is 1. The van der Waals surface area contributed by atoms with E-state index >= 15 is 0 Å². The average Bonchev–Trinajstić information content (AvgIpc) is 3.03. The Labute approximate surface area is 267 Å². The fourth-order valence-corrected chi connectivity index (χ4v) is 5.79. The number of nitrogens with zero attached hydrogens (tertiary/aromatic N) is 4. The SMILES string of the molecule is CN=NC(=NN)NC(=O)c1ccc(CN(C(=O)Nc2cc(-c3ccccc3)cc(C(F)(F)F)c2)C2CCC(C(C)(C)C)CC2)cc1. The number of nitrogens with one attached hydrogen (secondary N) is 2. The van der Waals surface area contributed by atoms with Gasteiger partial charge in [-0.25, -0.2) is 4.79 Å². The molecule has 1 saturated carbocycles. The largest absolute Gasteiger partial charge is 0.416 e. The number of hydrogen-bond acceptors (Lipinski definition) is 5. The monoisotopic (exact) mass is 635 g/mol. The van der Waals surface area contributed by atoms with E-state index in [9.17, 15) is 22.8 Å². The van der Waals surface area contributed by atoms with Crippen LogP contribution < -0.4 is 16.5 Å². The van der Waals surface area contributed by atoms with Gasteiger partial charge in [0.2, 0.25) is 0 Å². The summed E-state index contributed by atoms with van der Waals surface area (Å²) in [6.45, 7) is 6.84. The van der Waals surface area contributed by atoms with Crippen molar-refractivity contribution in [3.8, 4) is 11.1 Å². The van der Waals surface area contributed by atoms with Gasteiger partial charge in [-0.1, -0.05) is 63.2 Å². The van der Waals surface area contributed by atoms with E-state index in [1.165, 1.54) is 7.05 Å². The molecular formula is C34H40F3N7O2. The number of guanidine groups is 1. The third-order valence-electron chi connectivity index (χ3n) is 8.35. The van der Waals surface area contributed by atoms with Crippen LogP contribution >= 0.6 is 0 Å². The molecule has 3 aromatic rings. The van der Waals surface area contributed by atoms with Crippen LogP contribution in [0.1, 0.15) is 67.9 Å². The van der Waals surface area contributed by atoms with Gasteiger partial charge in [0.05, 0.1) is 5.56 Å². The van der Waals surface area contributed by atoms with Gasteiger partial charge in [-0.3, -0.25) is 10.1 Å². The number of rotatable bonds is 6. The zero-order chi connectivity index (χ0) is 33.5. The standard InChI is InChI=1S/C34H40F3N7O2/c1-33(2,3)26-14-16-29(17-15-26)44(21-22-10-12-24(13-11-22)30(45)41-31(42-38)43-39-4)32(46)40-28-19-25(23-8-6-5-7-9-23)18-27(20-28)34(35,36)37/h5-13,18-20,26,29H,14-17,21,38H2,1-4H3,(H,40,46)(H,41,42,45). The Morgan fingerprint density at radius 3 is 2.13 bits per heavy atom. The second-order valence-corrected chi connectivity index (χ2v) is 12.5. The fraction of sp³-hybridized carbons (Fsp3) is 0.382. The lowest BCUT2D eigenvalue weighted by molar-refractivity contribution is -0.137. The number of azo groups is 1. The maximum atomic E-state index is 13.9. The molecule has 0 bridgehead atoms. The highest BCUT2D eigenvalue weighted by Crippen LogP contribution is 2.40. The molecule has 1 fully saturated rings. The van der Waals surface area contributed by atoms with E-state index < -0.39 is 23.7 Å². The van der Waals surface area contributed by atoms with Crippen molar-refractivity contribution in [2.75, 3.05) is 12.4 Å². The molecule has 9 nitrogen and oxygen atoms in total. The van der Waals surface area contributed by atoms with Crippen LogP contribution in [0.5, 0.6) is 0 Å². The minimum absolute atomic E-state index is 0.0562. The first-order chi connectivity index (χ1) is 21.8. The first-order valence-corrected chi connectivity index (χ1v) is 15.1. The minimum Gasteiger partial charge on any atom is -0.320 e. The molecule has 0 unspecified atom stereocenters. The van der Waals surface area contributed by atoms with E-state index in [1.807, 2.05) is 0 Å². The van der Waals surface area contributed by atoms with Crippen molar-refractivity contribution in [2.45, 2.75) is 65.2 Å². The number of hydrazone groups is 1. The van der Waals surface area contributed by atoms with E-state index in [-0.39, 0.29) is 29.6 Å². The molecule has 1 aliphatic carbocycles. The third kappa shape index (κ3) is 8.92. The molecule has 4 rings (SSSR count). The first-order valence-electron chi connectivity index (χ1n) is 15.1. The number of alkyl halides is 3. The summed E-state index contributed by atoms with van der Waals surface area (Å²) in [4.78, 5) is 28.2. The highest BCUT2D eigenvalue weighted by molar-refractivity contribution is 6.05. The summed E-state index contributed by atoms with van der Waals surface area (Å²) in [7, 11) is 1.42. The van der Waals surface area contributed by atoms with Crippen LogP contribution in [0.15, 0.2) is 88.1 Å². The summed E-state index contributed by atoms with van der Waals surface area (Å²) >= 11 is 0. The molecule has 1 aliphatic rings. The Bertz CT molecular complexity index is 1560. The minimum atomic E-state index is -4.60. The zero-order valence-electron chi connectivity index (χ0n) is 26.4. The summed E-state index contributed by atoms with van der Waals surface area (Å²) in [5, 5.41) is 15.8. The van der Waals surface area contributed by atoms with Gasteiger partial charge in [0, 0.05) is 30.9 Å². The third-order valence-corrected chi connectivity index (χ3v) is 8.35. The summed E-state index contributed by atoms with van der Waals surface area (Å²) in [6, 6.07) is 18.4. The summed E-state index contributed by atoms with van der Waals surface area (Å²) < 4.78 is 41.7. The zero-order valence-corrected chi connectivity index (χ0v) is 26.4. The Kier molecular flexibility index (Phi) is 10.8. The van der Waals surface area contributed by atoms with Crippen LogP contribution in [0.2, 0.25) is 0 Å². The number of anilines is 1. The Morgan fingerprint density at radius 2 is 1.57 bits per heavy atom. The molecular weight excluding hydrogens is 595 g/mol. The predicted molar refractivity (Wildman–Crippen MR) is 173 cm³/mol. The molecule has 0 atom stereocenters. The first kappa shape index (κ1) is 34.1. The smallest absolute Gasteiger partial charge is 0.320 e. The van der Waals surface area contributed by atoms with Gasteiger partial charge in [-0.15, -0.1) is 10.2 Å². The van der Waals surface area contributed by atoms with Crippen LogP contribution in [-0.4, -0.2) is 35.9 Å². The Balaban J connectivity index is 1.60. The summed E-state index contributed by atoms with van der Waals surface area (Å²) in [6.07, 6.45) is -1.21. The van der Waals surface area contributed by atoms with E-state index in [2.05, 4.69) is 46.7 Å². The van der Waals surface area contributed by atoms with Gasteiger partial charge in [-0.05, 0) is 84.0 Å². The van der Waals surface area contributed by atoms with Crippen molar-refractivity contribution in [2.24, 2.45) is 32.5 Å². The van der Waals surface area contributed by atoms with Crippen molar-refractivity contribution in [1.29, 1.82) is 0 Å². The average molecular weight is 636 g/mol. The van der Waals surface area contributed by atoms with Crippen LogP contribution in [0, 0.1) is 11.3 Å². The molecule has 12 heteroatoms. The molecule has 4 N–H and O–H groups in total. The Hall–Kier alpha value is -4.74. The highest BCUT2D eigenvalue weighted by atomic mass is 19.4. The lowest BCUT2D eigenvalue weighted by Gasteiger charge is -2.41. The Morgan fingerprint density at radius 1 is 0.913 bits per heavy atom. The van der Waals surface area contributed by atoms with Gasteiger partial charge in [-0.2, -0.15) is 18.3 Å². The number of hydrogen-bond donors (Lipinski definition) is 3. The lowest BCUT2D eigenvalue weighted by Crippen LogP contribution is -2.45. The second-order valence-electron chi connectivity index (χ2n) is 12.5. The van der Waals surface area contributed by atoms with Gasteiger partial charge < -0.3 is 16.1 Å². The van der Waals surface area contributed by atoms with Crippen molar-refractivity contribution < 1.29 is 22.8 Å². The molecule has 3 amide bonds. The predicted octanol–water partition coefficient (Wildman–Crippen LogP) is 8.05. The topological polar surface area (TPSA) is 125 Å². The number of carbonyl (C=O) groups is 2. The highest BCUT2D eigenvalue weighted by Gasteiger charge is 2.35. The summed E-state index contributed by atoms with van der Waals surface area (Å²) in [5.41, 5.74) is 1.36. The molecule has 0 radical (unpaired) electrons. The molecule has 3 aromatic carbocycles. The number of carbonyl (C=O) groups excluding carboxylic acids is 2. The number of urea groups is 1. The van der Waals surface area contributed by atoms with Crippen LogP contribution in [-0.2, 0) is 12.7 Å². The van der Waals surface area contributed by atoms with E-state index in [0.717, 1.165) is 43.4 Å². The van der Waals surface area contributed by atoms with E-state index in [0.29, 0.717) is 22.6 Å². The summed E-state index contributed by atoms with van der Waals surface area (Å²) in [5.74, 6) is 5.10.